The molecule has 130 valence electrons. The fourth-order valence-electron chi connectivity index (χ4n) is 2.05. The molecule has 0 bridgehead atoms. The summed E-state index contributed by atoms with van der Waals surface area (Å²) in [6.07, 6.45) is 0.479. The van der Waals surface area contributed by atoms with E-state index in [1.165, 1.54) is 6.92 Å². The first-order valence-electron chi connectivity index (χ1n) is 7.71. The lowest BCUT2D eigenvalue weighted by molar-refractivity contribution is -0.128. The highest BCUT2D eigenvalue weighted by molar-refractivity contribution is 7.89. The van der Waals surface area contributed by atoms with Gasteiger partial charge in [0.05, 0.1) is 5.75 Å². The molecule has 0 aliphatic carbocycles. The molecule has 0 radical (unpaired) electrons. The molecule has 1 aromatic rings. The molecule has 0 aromatic heterocycles. The Bertz CT molecular complexity index is 573. The molecular formula is C16H27N3O3S. The lowest BCUT2D eigenvalue weighted by atomic mass is 10.2. The lowest BCUT2D eigenvalue weighted by Crippen LogP contribution is -2.41. The van der Waals surface area contributed by atoms with Crippen LogP contribution in [0, 0.1) is 0 Å². The van der Waals surface area contributed by atoms with Crippen LogP contribution in [0.4, 0.5) is 0 Å². The number of benzene rings is 1. The van der Waals surface area contributed by atoms with Gasteiger partial charge in [0.2, 0.25) is 15.9 Å². The molecule has 1 aromatic carbocycles. The summed E-state index contributed by atoms with van der Waals surface area (Å²) in [5.41, 5.74) is 0.995. The SMILES string of the molecule is CC(=O)N(CCNS(=O)(=O)CCc1ccccc1)CCN(C)C. The summed E-state index contributed by atoms with van der Waals surface area (Å²) >= 11 is 0. The molecular weight excluding hydrogens is 314 g/mol. The lowest BCUT2D eigenvalue weighted by Gasteiger charge is -2.23. The number of nitrogens with zero attached hydrogens (tertiary/aromatic N) is 2. The second-order valence-corrected chi connectivity index (χ2v) is 7.68. The van der Waals surface area contributed by atoms with Gasteiger partial charge in [-0.05, 0) is 26.1 Å². The Hall–Kier alpha value is -1.44. The third-order valence-corrected chi connectivity index (χ3v) is 4.85. The molecule has 1 N–H and O–H groups in total. The molecule has 0 aliphatic rings. The maximum Gasteiger partial charge on any atom is 0.219 e. The largest absolute Gasteiger partial charge is 0.340 e. The van der Waals surface area contributed by atoms with Crippen LogP contribution in [0.2, 0.25) is 0 Å². The summed E-state index contributed by atoms with van der Waals surface area (Å²) in [6.45, 7) is 3.46. The van der Waals surface area contributed by atoms with E-state index in [0.29, 0.717) is 19.5 Å². The van der Waals surface area contributed by atoms with Crippen LogP contribution >= 0.6 is 0 Å². The van der Waals surface area contributed by atoms with Gasteiger partial charge in [0.1, 0.15) is 0 Å². The zero-order valence-electron chi connectivity index (χ0n) is 14.2. The molecule has 0 atom stereocenters. The number of hydrogen-bond acceptors (Lipinski definition) is 4. The summed E-state index contributed by atoms with van der Waals surface area (Å²) < 4.78 is 26.6. The zero-order chi connectivity index (χ0) is 17.3. The van der Waals surface area contributed by atoms with Gasteiger partial charge < -0.3 is 9.80 Å². The summed E-state index contributed by atoms with van der Waals surface area (Å²) in [5, 5.41) is 0. The molecule has 1 amide bonds. The zero-order valence-corrected chi connectivity index (χ0v) is 15.0. The highest BCUT2D eigenvalue weighted by Crippen LogP contribution is 2.01. The maximum atomic E-state index is 12.0. The van der Waals surface area contributed by atoms with Gasteiger partial charge in [-0.25, -0.2) is 13.1 Å². The van der Waals surface area contributed by atoms with Gasteiger partial charge in [0, 0.05) is 33.1 Å². The summed E-state index contributed by atoms with van der Waals surface area (Å²) in [7, 11) is 0.539. The fraction of sp³-hybridized carbons (Fsp3) is 0.562. The molecule has 6 nitrogen and oxygen atoms in total. The Morgan fingerprint density at radius 1 is 1.09 bits per heavy atom. The van der Waals surface area contributed by atoms with Crippen LogP contribution in [0.25, 0.3) is 0 Å². The molecule has 0 saturated carbocycles. The minimum absolute atomic E-state index is 0.0460. The van der Waals surface area contributed by atoms with Crippen LogP contribution < -0.4 is 4.72 Å². The minimum Gasteiger partial charge on any atom is -0.340 e. The van der Waals surface area contributed by atoms with Crippen molar-refractivity contribution in [1.29, 1.82) is 0 Å². The molecule has 0 heterocycles. The second kappa shape index (κ2) is 9.64. The Labute approximate surface area is 139 Å². The number of likely N-dealkylation sites (N-methyl/N-ethyl adjacent to an activating group) is 1. The van der Waals surface area contributed by atoms with Gasteiger partial charge in [-0.15, -0.1) is 0 Å². The Morgan fingerprint density at radius 2 is 1.74 bits per heavy atom. The summed E-state index contributed by atoms with van der Waals surface area (Å²) in [5.74, 6) is 0.00439. The summed E-state index contributed by atoms with van der Waals surface area (Å²) in [4.78, 5) is 15.2. The van der Waals surface area contributed by atoms with E-state index in [9.17, 15) is 13.2 Å². The van der Waals surface area contributed by atoms with Crippen LogP contribution in [0.3, 0.4) is 0 Å². The maximum absolute atomic E-state index is 12.0. The van der Waals surface area contributed by atoms with Crippen molar-refractivity contribution in [3.8, 4) is 0 Å². The number of aryl methyl sites for hydroxylation is 1. The molecule has 23 heavy (non-hydrogen) atoms. The molecule has 0 spiro atoms. The van der Waals surface area contributed by atoms with Crippen LogP contribution in [0.5, 0.6) is 0 Å². The molecule has 0 unspecified atom stereocenters. The number of amides is 1. The van der Waals surface area contributed by atoms with Gasteiger partial charge in [-0.3, -0.25) is 4.79 Å². The van der Waals surface area contributed by atoms with Crippen molar-refractivity contribution >= 4 is 15.9 Å². The highest BCUT2D eigenvalue weighted by Gasteiger charge is 2.13. The number of sulfonamides is 1. The van der Waals surface area contributed by atoms with Crippen molar-refractivity contribution in [2.45, 2.75) is 13.3 Å². The topological polar surface area (TPSA) is 69.7 Å². The predicted molar refractivity (Wildman–Crippen MR) is 92.7 cm³/mol. The normalized spacial score (nSPS) is 11.7. The van der Waals surface area contributed by atoms with Crippen molar-refractivity contribution in [2.75, 3.05) is 46.0 Å². The van der Waals surface area contributed by atoms with E-state index in [1.54, 1.807) is 4.90 Å². The minimum atomic E-state index is -3.33. The Kier molecular flexibility index (Phi) is 8.22. The fourth-order valence-corrected chi connectivity index (χ4v) is 3.10. The second-order valence-electron chi connectivity index (χ2n) is 5.76. The van der Waals surface area contributed by atoms with Gasteiger partial charge >= 0.3 is 0 Å². The quantitative estimate of drug-likeness (QED) is 0.675. The van der Waals surface area contributed by atoms with Crippen LogP contribution in [-0.2, 0) is 21.2 Å². The van der Waals surface area contributed by atoms with E-state index in [2.05, 4.69) is 4.72 Å². The van der Waals surface area contributed by atoms with E-state index < -0.39 is 10.0 Å². The van der Waals surface area contributed by atoms with Crippen LogP contribution in [-0.4, -0.2) is 70.2 Å². The van der Waals surface area contributed by atoms with Crippen LogP contribution in [0.15, 0.2) is 30.3 Å². The molecule has 0 saturated heterocycles. The van der Waals surface area contributed by atoms with E-state index in [4.69, 9.17) is 0 Å². The molecule has 7 heteroatoms. The van der Waals surface area contributed by atoms with Crippen molar-refractivity contribution in [1.82, 2.24) is 14.5 Å². The highest BCUT2D eigenvalue weighted by atomic mass is 32.2. The third kappa shape index (κ3) is 8.68. The van der Waals surface area contributed by atoms with Gasteiger partial charge in [-0.1, -0.05) is 30.3 Å². The van der Waals surface area contributed by atoms with Gasteiger partial charge in [-0.2, -0.15) is 0 Å². The number of carbonyl (C=O) groups is 1. The number of hydrogen-bond donors (Lipinski definition) is 1. The van der Waals surface area contributed by atoms with E-state index in [-0.39, 0.29) is 18.2 Å². The van der Waals surface area contributed by atoms with Gasteiger partial charge in [0.25, 0.3) is 0 Å². The first kappa shape index (κ1) is 19.6. The number of nitrogens with one attached hydrogen (secondary N) is 1. The van der Waals surface area contributed by atoms with Crippen LogP contribution in [0.1, 0.15) is 12.5 Å². The smallest absolute Gasteiger partial charge is 0.219 e. The predicted octanol–water partition coefficient (Wildman–Crippen LogP) is 0.559. The standard InChI is InChI=1S/C16H27N3O3S/c1-15(20)19(13-12-18(2)3)11-10-17-23(21,22)14-9-16-7-5-4-6-8-16/h4-8,17H,9-14H2,1-3H3. The van der Waals surface area contributed by atoms with E-state index in [1.807, 2.05) is 49.3 Å². The summed E-state index contributed by atoms with van der Waals surface area (Å²) in [6, 6.07) is 9.51. The van der Waals surface area contributed by atoms with E-state index >= 15 is 0 Å². The van der Waals surface area contributed by atoms with Crippen molar-refractivity contribution < 1.29 is 13.2 Å². The first-order valence-corrected chi connectivity index (χ1v) is 9.37. The van der Waals surface area contributed by atoms with E-state index in [0.717, 1.165) is 12.1 Å². The number of carbonyl (C=O) groups excluding carboxylic acids is 1. The molecule has 1 rings (SSSR count). The monoisotopic (exact) mass is 341 g/mol. The number of rotatable bonds is 10. The van der Waals surface area contributed by atoms with Crippen molar-refractivity contribution in [3.05, 3.63) is 35.9 Å². The molecule has 0 aliphatic heterocycles. The third-order valence-electron chi connectivity index (χ3n) is 3.47. The first-order chi connectivity index (χ1) is 10.8. The average molecular weight is 341 g/mol. The van der Waals surface area contributed by atoms with Crippen molar-refractivity contribution in [2.24, 2.45) is 0 Å². The Morgan fingerprint density at radius 3 is 2.30 bits per heavy atom. The molecule has 0 fully saturated rings. The van der Waals surface area contributed by atoms with Gasteiger partial charge in [0.15, 0.2) is 0 Å². The Balaban J connectivity index is 2.37. The van der Waals surface area contributed by atoms with Crippen molar-refractivity contribution in [3.63, 3.8) is 0 Å². The average Bonchev–Trinajstić information content (AvgIpc) is 2.49.